The molecule has 2 aromatic carbocycles. The van der Waals surface area contributed by atoms with Crippen LogP contribution in [0.4, 0.5) is 0 Å². The molecule has 0 aliphatic rings. The molecule has 4 rings (SSSR count). The summed E-state index contributed by atoms with van der Waals surface area (Å²) in [6.07, 6.45) is 2.82. The molecular weight excluding hydrogens is 466 g/mol. The standard InChI is InChI=1S/C28H24ClNO5/c1-3-21-22(16-18-9-7-12-20(15-18)19-10-5-4-6-11-19)30-14-8-13-23(35-17-24(31)34-2)26(30)25(21)27(32)28(29)33/h4-15H,3,16-17H2,1-2H3. The Labute approximate surface area is 208 Å². The van der Waals surface area contributed by atoms with E-state index in [2.05, 4.69) is 29.0 Å². The Kier molecular flexibility index (Phi) is 7.32. The van der Waals surface area contributed by atoms with Crippen LogP contribution in [0.1, 0.15) is 34.1 Å². The maximum atomic E-state index is 12.9. The first-order valence-electron chi connectivity index (χ1n) is 11.2. The number of nitrogens with zero attached hydrogens (tertiary/aromatic N) is 1. The normalized spacial score (nSPS) is 10.8. The van der Waals surface area contributed by atoms with Crippen molar-refractivity contribution in [2.75, 3.05) is 13.7 Å². The van der Waals surface area contributed by atoms with Gasteiger partial charge in [0.15, 0.2) is 6.61 Å². The van der Waals surface area contributed by atoms with Gasteiger partial charge in [-0.2, -0.15) is 0 Å². The maximum Gasteiger partial charge on any atom is 0.343 e. The topological polar surface area (TPSA) is 74.1 Å². The van der Waals surface area contributed by atoms with Crippen molar-refractivity contribution in [2.45, 2.75) is 19.8 Å². The average molecular weight is 490 g/mol. The second-order valence-electron chi connectivity index (χ2n) is 7.96. The first kappa shape index (κ1) is 24.2. The van der Waals surface area contributed by atoms with Crippen molar-refractivity contribution in [3.63, 3.8) is 0 Å². The Bertz CT molecular complexity index is 1410. The summed E-state index contributed by atoms with van der Waals surface area (Å²) < 4.78 is 12.2. The second-order valence-corrected chi connectivity index (χ2v) is 8.30. The third-order valence-electron chi connectivity index (χ3n) is 5.87. The van der Waals surface area contributed by atoms with Gasteiger partial charge in [-0.1, -0.05) is 61.5 Å². The Morgan fingerprint density at radius 1 is 0.943 bits per heavy atom. The summed E-state index contributed by atoms with van der Waals surface area (Å²) in [5.74, 6) is -1.08. The lowest BCUT2D eigenvalue weighted by molar-refractivity contribution is -0.142. The molecule has 0 saturated carbocycles. The van der Waals surface area contributed by atoms with Crippen LogP contribution in [-0.2, 0) is 27.2 Å². The zero-order valence-corrected chi connectivity index (χ0v) is 20.2. The van der Waals surface area contributed by atoms with Crippen LogP contribution in [0.15, 0.2) is 72.9 Å². The van der Waals surface area contributed by atoms with Crippen LogP contribution in [0.2, 0.25) is 0 Å². The number of hydrogen-bond acceptors (Lipinski definition) is 5. The molecule has 0 atom stereocenters. The number of ketones is 1. The molecule has 0 N–H and O–H groups in total. The molecule has 0 amide bonds. The van der Waals surface area contributed by atoms with Crippen molar-refractivity contribution in [1.29, 1.82) is 0 Å². The molecule has 0 bridgehead atoms. The van der Waals surface area contributed by atoms with E-state index in [9.17, 15) is 14.4 Å². The number of carbonyl (C=O) groups excluding carboxylic acids is 3. The van der Waals surface area contributed by atoms with Gasteiger partial charge in [-0.05, 0) is 52.4 Å². The summed E-state index contributed by atoms with van der Waals surface area (Å²) in [6, 6.07) is 21.7. The molecule has 0 aliphatic heterocycles. The van der Waals surface area contributed by atoms with E-state index in [4.69, 9.17) is 16.3 Å². The molecule has 35 heavy (non-hydrogen) atoms. The SMILES string of the molecule is CCc1c(C(=O)C(=O)Cl)c2c(OCC(=O)OC)cccn2c1Cc1cccc(-c2ccccc2)c1. The number of hydrogen-bond donors (Lipinski definition) is 0. The highest BCUT2D eigenvalue weighted by Gasteiger charge is 2.28. The highest BCUT2D eigenvalue weighted by molar-refractivity contribution is 6.83. The van der Waals surface area contributed by atoms with Gasteiger partial charge in [-0.3, -0.25) is 9.59 Å². The number of Topliss-reactive ketones (excluding diaryl/α,β-unsaturated/α-hetero) is 1. The van der Waals surface area contributed by atoms with Crippen molar-refractivity contribution < 1.29 is 23.9 Å². The van der Waals surface area contributed by atoms with E-state index >= 15 is 0 Å². The van der Waals surface area contributed by atoms with Gasteiger partial charge < -0.3 is 13.9 Å². The molecule has 0 aliphatic carbocycles. The Morgan fingerprint density at radius 3 is 2.37 bits per heavy atom. The summed E-state index contributed by atoms with van der Waals surface area (Å²) in [5, 5.41) is -1.08. The van der Waals surface area contributed by atoms with Gasteiger partial charge in [0.1, 0.15) is 5.75 Å². The lowest BCUT2D eigenvalue weighted by atomic mass is 9.97. The third kappa shape index (κ3) is 4.98. The molecule has 0 fully saturated rings. The second kappa shape index (κ2) is 10.6. The highest BCUT2D eigenvalue weighted by atomic mass is 35.5. The van der Waals surface area contributed by atoms with Crippen LogP contribution in [0.3, 0.4) is 0 Å². The van der Waals surface area contributed by atoms with Crippen LogP contribution in [-0.4, -0.2) is 35.1 Å². The van der Waals surface area contributed by atoms with E-state index in [1.807, 2.05) is 47.9 Å². The number of methoxy groups -OCH3 is 1. The van der Waals surface area contributed by atoms with Crippen LogP contribution in [0.25, 0.3) is 16.6 Å². The largest absolute Gasteiger partial charge is 0.480 e. The number of rotatable bonds is 9. The zero-order chi connectivity index (χ0) is 24.9. The summed E-state index contributed by atoms with van der Waals surface area (Å²) in [4.78, 5) is 36.6. The molecular formula is C28H24ClNO5. The number of esters is 1. The fourth-order valence-corrected chi connectivity index (χ4v) is 4.40. The molecule has 2 heterocycles. The molecule has 0 saturated heterocycles. The lowest BCUT2D eigenvalue weighted by Gasteiger charge is -2.10. The molecule has 0 spiro atoms. The number of ether oxygens (including phenoxy) is 2. The van der Waals surface area contributed by atoms with Crippen molar-refractivity contribution in [2.24, 2.45) is 0 Å². The number of benzene rings is 2. The van der Waals surface area contributed by atoms with Gasteiger partial charge in [0.25, 0.3) is 5.24 Å². The summed E-state index contributed by atoms with van der Waals surface area (Å²) >= 11 is 5.64. The van der Waals surface area contributed by atoms with Crippen molar-refractivity contribution >= 4 is 34.1 Å². The Hall–Kier alpha value is -3.90. The first-order chi connectivity index (χ1) is 16.9. The average Bonchev–Trinajstić information content (AvgIpc) is 3.20. The minimum absolute atomic E-state index is 0.196. The van der Waals surface area contributed by atoms with E-state index < -0.39 is 17.0 Å². The fourth-order valence-electron chi connectivity index (χ4n) is 4.30. The van der Waals surface area contributed by atoms with Crippen molar-refractivity contribution in [3.05, 3.63) is 95.3 Å². The van der Waals surface area contributed by atoms with Crippen LogP contribution in [0.5, 0.6) is 5.75 Å². The van der Waals surface area contributed by atoms with Gasteiger partial charge in [-0.25, -0.2) is 4.79 Å². The zero-order valence-electron chi connectivity index (χ0n) is 19.4. The van der Waals surface area contributed by atoms with Crippen LogP contribution >= 0.6 is 11.6 Å². The Balaban J connectivity index is 1.86. The van der Waals surface area contributed by atoms with Crippen molar-refractivity contribution in [3.8, 4) is 16.9 Å². The number of halogens is 1. The van der Waals surface area contributed by atoms with Gasteiger partial charge in [0, 0.05) is 18.3 Å². The smallest absolute Gasteiger partial charge is 0.343 e. The predicted molar refractivity (Wildman–Crippen MR) is 134 cm³/mol. The predicted octanol–water partition coefficient (Wildman–Crippen LogP) is 5.26. The maximum absolute atomic E-state index is 12.9. The molecule has 4 aromatic rings. The van der Waals surface area contributed by atoms with E-state index in [0.717, 1.165) is 22.4 Å². The summed E-state index contributed by atoms with van der Waals surface area (Å²) in [5.41, 5.74) is 5.38. The molecule has 178 valence electrons. The summed E-state index contributed by atoms with van der Waals surface area (Å²) in [7, 11) is 1.27. The minimum Gasteiger partial charge on any atom is -0.480 e. The summed E-state index contributed by atoms with van der Waals surface area (Å²) in [6.45, 7) is 1.59. The number of fused-ring (bicyclic) bond motifs is 1. The van der Waals surface area contributed by atoms with Crippen LogP contribution < -0.4 is 4.74 Å². The van der Waals surface area contributed by atoms with Gasteiger partial charge in [-0.15, -0.1) is 0 Å². The third-order valence-corrected chi connectivity index (χ3v) is 6.04. The van der Waals surface area contributed by atoms with E-state index in [0.29, 0.717) is 23.9 Å². The van der Waals surface area contributed by atoms with E-state index in [-0.39, 0.29) is 17.9 Å². The molecule has 0 radical (unpaired) electrons. The molecule has 2 aromatic heterocycles. The monoisotopic (exact) mass is 489 g/mol. The fraction of sp³-hybridized carbons (Fsp3) is 0.179. The van der Waals surface area contributed by atoms with Crippen LogP contribution in [0, 0.1) is 0 Å². The quantitative estimate of drug-likeness (QED) is 0.139. The lowest BCUT2D eigenvalue weighted by Crippen LogP contribution is -2.14. The van der Waals surface area contributed by atoms with Crippen molar-refractivity contribution in [1.82, 2.24) is 4.40 Å². The number of carbonyl (C=O) groups is 3. The van der Waals surface area contributed by atoms with Gasteiger partial charge in [0.05, 0.1) is 18.2 Å². The van der Waals surface area contributed by atoms with Gasteiger partial charge >= 0.3 is 5.97 Å². The first-order valence-corrected chi connectivity index (χ1v) is 11.5. The van der Waals surface area contributed by atoms with E-state index in [1.54, 1.807) is 12.1 Å². The number of aromatic nitrogens is 1. The van der Waals surface area contributed by atoms with E-state index in [1.165, 1.54) is 7.11 Å². The van der Waals surface area contributed by atoms with Gasteiger partial charge in [0.2, 0.25) is 5.78 Å². The number of pyridine rings is 1. The Morgan fingerprint density at radius 2 is 1.69 bits per heavy atom. The molecule has 7 heteroatoms. The molecule has 6 nitrogen and oxygen atoms in total. The molecule has 0 unspecified atom stereocenters. The minimum atomic E-state index is -1.08. The highest BCUT2D eigenvalue weighted by Crippen LogP contribution is 2.34.